The lowest BCUT2D eigenvalue weighted by atomic mass is 10.1. The van der Waals surface area contributed by atoms with Gasteiger partial charge in [-0.25, -0.2) is 4.79 Å². The second-order valence-corrected chi connectivity index (χ2v) is 5.52. The molecule has 0 fully saturated rings. The molecular formula is C16H16BrNO3. The maximum atomic E-state index is 11.6. The Bertz CT molecular complexity index is 640. The van der Waals surface area contributed by atoms with Gasteiger partial charge in [-0.15, -0.1) is 0 Å². The van der Waals surface area contributed by atoms with Crippen LogP contribution >= 0.6 is 15.9 Å². The zero-order valence-corrected chi connectivity index (χ0v) is 13.3. The quantitative estimate of drug-likeness (QED) is 0.856. The number of aliphatic carboxylic acids is 1. The number of carboxylic acid groups (broad SMARTS) is 1. The Morgan fingerprint density at radius 2 is 1.90 bits per heavy atom. The van der Waals surface area contributed by atoms with E-state index in [1.54, 1.807) is 25.3 Å². The summed E-state index contributed by atoms with van der Waals surface area (Å²) in [5.41, 5.74) is 2.49. The number of nitrogens with one attached hydrogen (secondary N) is 1. The van der Waals surface area contributed by atoms with Crippen molar-refractivity contribution in [3.8, 4) is 5.75 Å². The highest BCUT2D eigenvalue weighted by molar-refractivity contribution is 9.10. The molecule has 5 heteroatoms. The molecule has 110 valence electrons. The van der Waals surface area contributed by atoms with Crippen molar-refractivity contribution in [2.75, 3.05) is 12.4 Å². The van der Waals surface area contributed by atoms with Crippen LogP contribution in [0, 0.1) is 6.92 Å². The zero-order chi connectivity index (χ0) is 15.4. The molecule has 2 rings (SSSR count). The van der Waals surface area contributed by atoms with E-state index in [4.69, 9.17) is 4.74 Å². The number of rotatable bonds is 5. The van der Waals surface area contributed by atoms with Gasteiger partial charge in [0, 0.05) is 15.7 Å². The lowest BCUT2D eigenvalue weighted by Crippen LogP contribution is -2.21. The van der Waals surface area contributed by atoms with Gasteiger partial charge in [0.05, 0.1) is 7.11 Å². The second kappa shape index (κ2) is 6.63. The SMILES string of the molecule is COc1ccc(Br)c(C(Nc2ccc(C)cc2)C(=O)O)c1. The largest absolute Gasteiger partial charge is 0.497 e. The number of ether oxygens (including phenoxy) is 1. The lowest BCUT2D eigenvalue weighted by molar-refractivity contribution is -0.138. The van der Waals surface area contributed by atoms with Gasteiger partial charge < -0.3 is 15.2 Å². The first kappa shape index (κ1) is 15.4. The Morgan fingerprint density at radius 3 is 2.48 bits per heavy atom. The molecular weight excluding hydrogens is 334 g/mol. The summed E-state index contributed by atoms with van der Waals surface area (Å²) < 4.78 is 5.88. The number of benzene rings is 2. The number of hydrogen-bond acceptors (Lipinski definition) is 3. The van der Waals surface area contributed by atoms with Crippen LogP contribution in [0.1, 0.15) is 17.2 Å². The van der Waals surface area contributed by atoms with E-state index in [1.165, 1.54) is 0 Å². The Hall–Kier alpha value is -2.01. The van der Waals surface area contributed by atoms with Crippen molar-refractivity contribution < 1.29 is 14.6 Å². The fourth-order valence-corrected chi connectivity index (χ4v) is 2.43. The topological polar surface area (TPSA) is 58.6 Å². The molecule has 0 aliphatic heterocycles. The molecule has 0 saturated heterocycles. The van der Waals surface area contributed by atoms with Gasteiger partial charge >= 0.3 is 5.97 Å². The van der Waals surface area contributed by atoms with E-state index in [0.29, 0.717) is 11.3 Å². The highest BCUT2D eigenvalue weighted by atomic mass is 79.9. The lowest BCUT2D eigenvalue weighted by Gasteiger charge is -2.18. The molecule has 1 unspecified atom stereocenters. The van der Waals surface area contributed by atoms with E-state index in [2.05, 4.69) is 21.2 Å². The molecule has 0 aromatic heterocycles. The van der Waals surface area contributed by atoms with Crippen molar-refractivity contribution in [1.82, 2.24) is 0 Å². The molecule has 0 spiro atoms. The minimum Gasteiger partial charge on any atom is -0.497 e. The fourth-order valence-electron chi connectivity index (χ4n) is 1.96. The average molecular weight is 350 g/mol. The van der Waals surface area contributed by atoms with E-state index < -0.39 is 12.0 Å². The fraction of sp³-hybridized carbons (Fsp3) is 0.188. The number of carbonyl (C=O) groups is 1. The van der Waals surface area contributed by atoms with Crippen LogP contribution in [0.25, 0.3) is 0 Å². The van der Waals surface area contributed by atoms with Gasteiger partial charge in [0.1, 0.15) is 5.75 Å². The van der Waals surface area contributed by atoms with Crippen molar-refractivity contribution in [3.63, 3.8) is 0 Å². The monoisotopic (exact) mass is 349 g/mol. The van der Waals surface area contributed by atoms with Crippen molar-refractivity contribution in [2.24, 2.45) is 0 Å². The number of halogens is 1. The van der Waals surface area contributed by atoms with Crippen molar-refractivity contribution in [3.05, 3.63) is 58.1 Å². The molecule has 0 aliphatic carbocycles. The van der Waals surface area contributed by atoms with E-state index in [-0.39, 0.29) is 0 Å². The maximum Gasteiger partial charge on any atom is 0.330 e. The predicted octanol–water partition coefficient (Wildman–Crippen LogP) is 4.00. The smallest absolute Gasteiger partial charge is 0.330 e. The Kier molecular flexibility index (Phi) is 4.85. The van der Waals surface area contributed by atoms with Gasteiger partial charge in [-0.1, -0.05) is 33.6 Å². The van der Waals surface area contributed by atoms with Crippen LogP contribution in [0.4, 0.5) is 5.69 Å². The summed E-state index contributed by atoms with van der Waals surface area (Å²) in [7, 11) is 1.55. The van der Waals surface area contributed by atoms with E-state index in [1.807, 2.05) is 31.2 Å². The summed E-state index contributed by atoms with van der Waals surface area (Å²) in [6.45, 7) is 1.98. The molecule has 2 aromatic rings. The van der Waals surface area contributed by atoms with Crippen LogP contribution in [0.5, 0.6) is 5.75 Å². The molecule has 1 atom stereocenters. The first-order chi connectivity index (χ1) is 10.0. The Balaban J connectivity index is 2.35. The molecule has 0 bridgehead atoms. The molecule has 0 heterocycles. The molecule has 2 N–H and O–H groups in total. The molecule has 0 saturated carbocycles. The minimum atomic E-state index is -0.954. The van der Waals surface area contributed by atoms with Crippen molar-refractivity contribution >= 4 is 27.6 Å². The van der Waals surface area contributed by atoms with E-state index in [9.17, 15) is 9.90 Å². The summed E-state index contributed by atoms with van der Waals surface area (Å²) in [4.78, 5) is 11.6. The van der Waals surface area contributed by atoms with Gasteiger partial charge in [-0.2, -0.15) is 0 Å². The third-order valence-electron chi connectivity index (χ3n) is 3.12. The molecule has 0 aliphatic rings. The summed E-state index contributed by atoms with van der Waals surface area (Å²) in [6, 6.07) is 12.0. The highest BCUT2D eigenvalue weighted by Crippen LogP contribution is 2.30. The first-order valence-electron chi connectivity index (χ1n) is 6.40. The number of methoxy groups -OCH3 is 1. The molecule has 0 amide bonds. The van der Waals surface area contributed by atoms with Crippen molar-refractivity contribution in [2.45, 2.75) is 13.0 Å². The minimum absolute atomic E-state index is 0.613. The third-order valence-corrected chi connectivity index (χ3v) is 3.85. The molecule has 0 radical (unpaired) electrons. The van der Waals surface area contributed by atoms with Crippen LogP contribution in [0.15, 0.2) is 46.9 Å². The van der Waals surface area contributed by atoms with Gasteiger partial charge in [0.25, 0.3) is 0 Å². The summed E-state index contributed by atoms with van der Waals surface area (Å²) in [5.74, 6) is -0.338. The molecule has 21 heavy (non-hydrogen) atoms. The van der Waals surface area contributed by atoms with Gasteiger partial charge in [0.2, 0.25) is 0 Å². The predicted molar refractivity (Wildman–Crippen MR) is 85.9 cm³/mol. The number of aryl methyl sites for hydroxylation is 1. The normalized spacial score (nSPS) is 11.8. The van der Waals surface area contributed by atoms with Crippen molar-refractivity contribution in [1.29, 1.82) is 0 Å². The molecule has 4 nitrogen and oxygen atoms in total. The Morgan fingerprint density at radius 1 is 1.24 bits per heavy atom. The first-order valence-corrected chi connectivity index (χ1v) is 7.20. The number of hydrogen-bond donors (Lipinski definition) is 2. The van der Waals surface area contributed by atoms with Crippen LogP contribution in [0.3, 0.4) is 0 Å². The second-order valence-electron chi connectivity index (χ2n) is 4.67. The summed E-state index contributed by atoms with van der Waals surface area (Å²) in [5, 5.41) is 12.5. The third kappa shape index (κ3) is 3.76. The average Bonchev–Trinajstić information content (AvgIpc) is 2.47. The van der Waals surface area contributed by atoms with Crippen LogP contribution in [-0.4, -0.2) is 18.2 Å². The zero-order valence-electron chi connectivity index (χ0n) is 11.8. The maximum absolute atomic E-state index is 11.6. The van der Waals surface area contributed by atoms with E-state index in [0.717, 1.165) is 15.7 Å². The molecule has 2 aromatic carbocycles. The van der Waals surface area contributed by atoms with Gasteiger partial charge in [-0.3, -0.25) is 0 Å². The van der Waals surface area contributed by atoms with Gasteiger partial charge in [0.15, 0.2) is 6.04 Å². The number of carboxylic acids is 1. The highest BCUT2D eigenvalue weighted by Gasteiger charge is 2.22. The van der Waals surface area contributed by atoms with Crippen LogP contribution in [0.2, 0.25) is 0 Å². The number of anilines is 1. The van der Waals surface area contributed by atoms with E-state index >= 15 is 0 Å². The van der Waals surface area contributed by atoms with Crippen LogP contribution < -0.4 is 10.1 Å². The van der Waals surface area contributed by atoms with Crippen LogP contribution in [-0.2, 0) is 4.79 Å². The van der Waals surface area contributed by atoms with Gasteiger partial charge in [-0.05, 0) is 37.3 Å². The Labute approximate surface area is 131 Å². The summed E-state index contributed by atoms with van der Waals surface area (Å²) in [6.07, 6.45) is 0. The standard InChI is InChI=1S/C16H16BrNO3/c1-10-3-5-11(6-4-10)18-15(16(19)20)13-9-12(21-2)7-8-14(13)17/h3-9,15,18H,1-2H3,(H,19,20). The summed E-state index contributed by atoms with van der Waals surface area (Å²) >= 11 is 3.39.